The Kier molecular flexibility index (Phi) is 4.13. The van der Waals surface area contributed by atoms with Gasteiger partial charge in [-0.1, -0.05) is 31.2 Å². The lowest BCUT2D eigenvalue weighted by atomic mass is 9.72. The summed E-state index contributed by atoms with van der Waals surface area (Å²) in [6.45, 7) is 2.98. The molecule has 2 aliphatic rings. The molecular formula is C21H22N2O4. The minimum Gasteiger partial charge on any atom is -0.396 e. The predicted molar refractivity (Wildman–Crippen MR) is 100 cm³/mol. The number of aromatic nitrogens is 1. The van der Waals surface area contributed by atoms with Gasteiger partial charge < -0.3 is 15.1 Å². The van der Waals surface area contributed by atoms with Gasteiger partial charge in [-0.15, -0.1) is 0 Å². The van der Waals surface area contributed by atoms with E-state index in [0.717, 1.165) is 16.5 Å². The summed E-state index contributed by atoms with van der Waals surface area (Å²) < 4.78 is 0. The van der Waals surface area contributed by atoms with Gasteiger partial charge in [-0.3, -0.25) is 9.59 Å². The third-order valence-electron chi connectivity index (χ3n) is 5.92. The van der Waals surface area contributed by atoms with Gasteiger partial charge in [0, 0.05) is 16.9 Å². The maximum atomic E-state index is 13.1. The number of aliphatic hydroxyl groups is 2. The van der Waals surface area contributed by atoms with Gasteiger partial charge in [-0.25, -0.2) is 4.98 Å². The number of amides is 1. The van der Waals surface area contributed by atoms with Crippen LogP contribution in [0.5, 0.6) is 0 Å². The van der Waals surface area contributed by atoms with Gasteiger partial charge in [0.05, 0.1) is 36.0 Å². The van der Waals surface area contributed by atoms with Crippen molar-refractivity contribution in [2.75, 3.05) is 6.61 Å². The van der Waals surface area contributed by atoms with Crippen molar-refractivity contribution in [2.24, 2.45) is 11.8 Å². The first-order valence-electron chi connectivity index (χ1n) is 9.17. The zero-order valence-corrected chi connectivity index (χ0v) is 15.3. The molecule has 1 aromatic carbocycles. The number of aliphatic hydroxyl groups excluding tert-OH is 1. The smallest absolute Gasteiger partial charge is 0.233 e. The van der Waals surface area contributed by atoms with Gasteiger partial charge in [0.25, 0.3) is 0 Å². The number of hydrogen-bond acceptors (Lipinski definition) is 5. The molecule has 0 bridgehead atoms. The van der Waals surface area contributed by atoms with Crippen LogP contribution < -0.4 is 0 Å². The normalized spacial score (nSPS) is 23.6. The molecular weight excluding hydrogens is 344 g/mol. The molecule has 27 heavy (non-hydrogen) atoms. The first-order valence-corrected chi connectivity index (χ1v) is 9.17. The number of Topliss-reactive ketones (excluding diaryl/α,β-unsaturated/α-hetero) is 1. The summed E-state index contributed by atoms with van der Waals surface area (Å²) in [5.74, 6) is -2.33. The number of pyridine rings is 1. The quantitative estimate of drug-likeness (QED) is 0.862. The molecule has 0 aliphatic carbocycles. The summed E-state index contributed by atoms with van der Waals surface area (Å²) in [6, 6.07) is 9.75. The topological polar surface area (TPSA) is 90.7 Å². The largest absolute Gasteiger partial charge is 0.396 e. The van der Waals surface area contributed by atoms with Crippen LogP contribution >= 0.6 is 0 Å². The lowest BCUT2D eigenvalue weighted by molar-refractivity contribution is -0.150. The summed E-state index contributed by atoms with van der Waals surface area (Å²) in [5.41, 5.74) is 1.37. The molecule has 1 amide bonds. The summed E-state index contributed by atoms with van der Waals surface area (Å²) in [7, 11) is 0. The number of nitrogens with zero attached hydrogens (tertiary/aromatic N) is 2. The molecule has 0 saturated heterocycles. The van der Waals surface area contributed by atoms with Crippen LogP contribution in [0.3, 0.4) is 0 Å². The van der Waals surface area contributed by atoms with Gasteiger partial charge in [0.15, 0.2) is 5.78 Å². The molecule has 0 radical (unpaired) electrons. The van der Waals surface area contributed by atoms with Crippen LogP contribution in [0.25, 0.3) is 16.6 Å². The van der Waals surface area contributed by atoms with E-state index in [-0.39, 0.29) is 12.3 Å². The zero-order chi connectivity index (χ0) is 19.3. The van der Waals surface area contributed by atoms with E-state index >= 15 is 0 Å². The average molecular weight is 366 g/mol. The van der Waals surface area contributed by atoms with Crippen molar-refractivity contribution in [2.45, 2.75) is 32.4 Å². The second-order valence-electron chi connectivity index (χ2n) is 7.31. The number of benzene rings is 1. The van der Waals surface area contributed by atoms with E-state index in [0.29, 0.717) is 17.9 Å². The van der Waals surface area contributed by atoms with E-state index in [1.54, 1.807) is 17.9 Å². The van der Waals surface area contributed by atoms with Crippen LogP contribution in [-0.2, 0) is 16.1 Å². The third kappa shape index (κ3) is 2.51. The van der Waals surface area contributed by atoms with E-state index in [4.69, 9.17) is 4.98 Å². The van der Waals surface area contributed by atoms with Crippen LogP contribution in [0.15, 0.2) is 36.4 Å². The minimum atomic E-state index is -1.69. The first-order chi connectivity index (χ1) is 12.9. The van der Waals surface area contributed by atoms with E-state index in [9.17, 15) is 19.8 Å². The number of para-hydroxylation sites is 1. The molecule has 2 aromatic rings. The van der Waals surface area contributed by atoms with Crippen LogP contribution in [0.1, 0.15) is 31.5 Å². The fraction of sp³-hybridized carbons (Fsp3) is 0.381. The van der Waals surface area contributed by atoms with Crippen LogP contribution in [-0.4, -0.2) is 44.0 Å². The van der Waals surface area contributed by atoms with Crippen LogP contribution in [0.2, 0.25) is 0 Å². The Labute approximate surface area is 157 Å². The van der Waals surface area contributed by atoms with Crippen LogP contribution in [0.4, 0.5) is 0 Å². The Balaban J connectivity index is 1.90. The van der Waals surface area contributed by atoms with Crippen molar-refractivity contribution in [1.82, 2.24) is 9.88 Å². The van der Waals surface area contributed by atoms with E-state index in [2.05, 4.69) is 0 Å². The summed E-state index contributed by atoms with van der Waals surface area (Å²) in [6.07, 6.45) is 1.92. The second kappa shape index (κ2) is 6.25. The number of ketones is 1. The van der Waals surface area contributed by atoms with Crippen molar-refractivity contribution in [3.8, 4) is 0 Å². The minimum absolute atomic E-state index is 0.165. The highest BCUT2D eigenvalue weighted by atomic mass is 16.3. The second-order valence-corrected chi connectivity index (χ2v) is 7.31. The van der Waals surface area contributed by atoms with Crippen LogP contribution in [0, 0.1) is 11.8 Å². The maximum absolute atomic E-state index is 13.1. The van der Waals surface area contributed by atoms with Crippen molar-refractivity contribution < 1.29 is 19.8 Å². The van der Waals surface area contributed by atoms with Crippen molar-refractivity contribution in [3.63, 3.8) is 0 Å². The standard InChI is InChI=1S/C21H22N2O4/c1-3-21(27,12(2)25)16-9-18-19-14(10-23(18)20(26)15(16)11-24)8-13-6-4-5-7-17(13)22-19/h4-9,15-16,24,27H,3,10-11H2,1-2H3/t15?,16?,21-/m1/s1. The fourth-order valence-corrected chi connectivity index (χ4v) is 4.27. The Hall–Kier alpha value is -2.57. The SMILES string of the molecule is CC[C@@](O)(C(C)=O)C1C=C2c3nc4ccccc4cc3CN2C(=O)C1CO. The lowest BCUT2D eigenvalue weighted by Crippen LogP contribution is -2.53. The molecule has 3 heterocycles. The maximum Gasteiger partial charge on any atom is 0.233 e. The highest BCUT2D eigenvalue weighted by molar-refractivity contribution is 5.96. The zero-order valence-electron chi connectivity index (χ0n) is 15.3. The van der Waals surface area contributed by atoms with E-state index in [1.807, 2.05) is 30.3 Å². The molecule has 4 rings (SSSR count). The van der Waals surface area contributed by atoms with Crippen molar-refractivity contribution in [3.05, 3.63) is 47.7 Å². The molecule has 2 unspecified atom stereocenters. The molecule has 2 N–H and O–H groups in total. The van der Waals surface area contributed by atoms with Gasteiger partial charge in [-0.2, -0.15) is 0 Å². The lowest BCUT2D eigenvalue weighted by Gasteiger charge is -2.40. The summed E-state index contributed by atoms with van der Waals surface area (Å²) >= 11 is 0. The number of carbonyl (C=O) groups is 2. The van der Waals surface area contributed by atoms with Gasteiger partial charge in [0.1, 0.15) is 5.60 Å². The molecule has 6 nitrogen and oxygen atoms in total. The highest BCUT2D eigenvalue weighted by Crippen LogP contribution is 2.44. The molecule has 2 aliphatic heterocycles. The van der Waals surface area contributed by atoms with E-state index < -0.39 is 29.8 Å². The monoisotopic (exact) mass is 366 g/mol. The average Bonchev–Trinajstić information content (AvgIpc) is 3.03. The van der Waals surface area contributed by atoms with E-state index in [1.165, 1.54) is 6.92 Å². The Morgan fingerprint density at radius 3 is 2.78 bits per heavy atom. The third-order valence-corrected chi connectivity index (χ3v) is 5.92. The Morgan fingerprint density at radius 1 is 1.37 bits per heavy atom. The number of hydrogen-bond donors (Lipinski definition) is 2. The Morgan fingerprint density at radius 2 is 2.11 bits per heavy atom. The molecule has 6 heteroatoms. The molecule has 1 aromatic heterocycles. The summed E-state index contributed by atoms with van der Waals surface area (Å²) in [4.78, 5) is 31.6. The highest BCUT2D eigenvalue weighted by Gasteiger charge is 2.50. The van der Waals surface area contributed by atoms with Crippen molar-refractivity contribution in [1.29, 1.82) is 0 Å². The number of rotatable bonds is 4. The molecule has 0 fully saturated rings. The number of carbonyl (C=O) groups excluding carboxylic acids is 2. The number of fused-ring (bicyclic) bond motifs is 4. The first kappa shape index (κ1) is 17.8. The van der Waals surface area contributed by atoms with Gasteiger partial charge >= 0.3 is 0 Å². The summed E-state index contributed by atoms with van der Waals surface area (Å²) in [5, 5.41) is 21.8. The fourth-order valence-electron chi connectivity index (χ4n) is 4.27. The van der Waals surface area contributed by atoms with Crippen molar-refractivity contribution >= 4 is 28.3 Å². The molecule has 140 valence electrons. The molecule has 0 spiro atoms. The molecule has 3 atom stereocenters. The Bertz CT molecular complexity index is 983. The van der Waals surface area contributed by atoms with Gasteiger partial charge in [0.2, 0.25) is 5.91 Å². The van der Waals surface area contributed by atoms with Gasteiger partial charge in [-0.05, 0) is 25.5 Å². The predicted octanol–water partition coefficient (Wildman–Crippen LogP) is 1.89. The molecule has 0 saturated carbocycles.